The number of hydrogen-bond donors (Lipinski definition) is 0. The molecule has 0 amide bonds. The van der Waals surface area contributed by atoms with Gasteiger partial charge in [-0.2, -0.15) is 0 Å². The van der Waals surface area contributed by atoms with E-state index < -0.39 is 4.33 Å². The Bertz CT molecular complexity index is 633. The van der Waals surface area contributed by atoms with Crippen molar-refractivity contribution >= 4 is 34.1 Å². The fourth-order valence-electron chi connectivity index (χ4n) is 2.02. The summed E-state index contributed by atoms with van der Waals surface area (Å²) in [7, 11) is 0. The van der Waals surface area contributed by atoms with Gasteiger partial charge in [0.25, 0.3) is 5.56 Å². The van der Waals surface area contributed by atoms with Crippen molar-refractivity contribution in [3.8, 4) is 0 Å². The molecule has 0 saturated heterocycles. The van der Waals surface area contributed by atoms with Crippen LogP contribution in [0.1, 0.15) is 12.2 Å². The van der Waals surface area contributed by atoms with Crippen LogP contribution in [-0.2, 0) is 10.9 Å². The van der Waals surface area contributed by atoms with E-state index >= 15 is 0 Å². The number of halogens is 2. The molecule has 0 radical (unpaired) electrons. The van der Waals surface area contributed by atoms with Crippen LogP contribution in [0.5, 0.6) is 0 Å². The van der Waals surface area contributed by atoms with Gasteiger partial charge in [0.05, 0.1) is 10.9 Å². The fraction of sp³-hybridized carbons (Fsp3) is 0.273. The predicted octanol–water partition coefficient (Wildman–Crippen LogP) is 2.43. The molecule has 1 aliphatic heterocycles. The molecule has 5 heteroatoms. The summed E-state index contributed by atoms with van der Waals surface area (Å²) in [6, 6.07) is 7.22. The molecule has 0 N–H and O–H groups in total. The molecule has 3 nitrogen and oxygen atoms in total. The highest BCUT2D eigenvalue weighted by atomic mass is 35.5. The molecule has 0 saturated carbocycles. The zero-order chi connectivity index (χ0) is 11.3. The van der Waals surface area contributed by atoms with Gasteiger partial charge in [-0.25, -0.2) is 4.98 Å². The molecule has 1 aromatic carbocycles. The molecule has 0 spiro atoms. The van der Waals surface area contributed by atoms with Gasteiger partial charge in [0.15, 0.2) is 4.33 Å². The third-order valence-electron chi connectivity index (χ3n) is 2.84. The topological polar surface area (TPSA) is 34.9 Å². The highest BCUT2D eigenvalue weighted by Gasteiger charge is 2.37. The van der Waals surface area contributed by atoms with Crippen LogP contribution >= 0.6 is 23.2 Å². The van der Waals surface area contributed by atoms with Gasteiger partial charge in [0.2, 0.25) is 0 Å². The van der Waals surface area contributed by atoms with Crippen molar-refractivity contribution in [3.05, 3.63) is 40.4 Å². The SMILES string of the molecule is O=c1c2ccccc2nc2n1CCC2(Cl)Cl. The highest BCUT2D eigenvalue weighted by molar-refractivity contribution is 6.47. The Kier molecular flexibility index (Phi) is 2.03. The van der Waals surface area contributed by atoms with E-state index in [4.69, 9.17) is 23.2 Å². The van der Waals surface area contributed by atoms with Crippen LogP contribution in [0.3, 0.4) is 0 Å². The Balaban J connectivity index is 2.46. The van der Waals surface area contributed by atoms with Crippen LogP contribution < -0.4 is 5.56 Å². The normalized spacial score (nSPS) is 17.6. The molecule has 0 bridgehead atoms. The van der Waals surface area contributed by atoms with Crippen LogP contribution in [0.25, 0.3) is 10.9 Å². The Morgan fingerprint density at radius 1 is 1.31 bits per heavy atom. The molecule has 0 fully saturated rings. The molecule has 0 aliphatic carbocycles. The highest BCUT2D eigenvalue weighted by Crippen LogP contribution is 2.40. The Labute approximate surface area is 102 Å². The third kappa shape index (κ3) is 1.28. The van der Waals surface area contributed by atoms with E-state index in [2.05, 4.69) is 4.98 Å². The minimum absolute atomic E-state index is 0.0659. The molecule has 0 unspecified atom stereocenters. The van der Waals surface area contributed by atoms with Crippen LogP contribution in [0.15, 0.2) is 29.1 Å². The van der Waals surface area contributed by atoms with Crippen molar-refractivity contribution in [1.29, 1.82) is 0 Å². The van der Waals surface area contributed by atoms with Gasteiger partial charge in [-0.15, -0.1) is 0 Å². The molecule has 82 valence electrons. The first-order valence-corrected chi connectivity index (χ1v) is 5.73. The van der Waals surface area contributed by atoms with E-state index in [-0.39, 0.29) is 5.56 Å². The van der Waals surface area contributed by atoms with Gasteiger partial charge in [0.1, 0.15) is 5.82 Å². The number of fused-ring (bicyclic) bond motifs is 2. The lowest BCUT2D eigenvalue weighted by molar-refractivity contribution is 0.711. The lowest BCUT2D eigenvalue weighted by Gasteiger charge is -2.11. The summed E-state index contributed by atoms with van der Waals surface area (Å²) in [6.07, 6.45) is 0.522. The quantitative estimate of drug-likeness (QED) is 0.677. The first-order chi connectivity index (χ1) is 7.59. The maximum atomic E-state index is 12.1. The van der Waals surface area contributed by atoms with Crippen molar-refractivity contribution in [2.24, 2.45) is 0 Å². The summed E-state index contributed by atoms with van der Waals surface area (Å²) in [4.78, 5) is 16.5. The second-order valence-electron chi connectivity index (χ2n) is 3.86. The van der Waals surface area contributed by atoms with Gasteiger partial charge in [-0.05, 0) is 12.1 Å². The summed E-state index contributed by atoms with van der Waals surface area (Å²) in [6.45, 7) is 0.527. The number of aromatic nitrogens is 2. The second-order valence-corrected chi connectivity index (χ2v) is 5.35. The summed E-state index contributed by atoms with van der Waals surface area (Å²) in [5.74, 6) is 0.458. The van der Waals surface area contributed by atoms with Crippen LogP contribution in [0.2, 0.25) is 0 Å². The number of para-hydroxylation sites is 1. The molecule has 16 heavy (non-hydrogen) atoms. The minimum atomic E-state index is -1.04. The summed E-state index contributed by atoms with van der Waals surface area (Å²) in [5.41, 5.74) is 0.579. The third-order valence-corrected chi connectivity index (χ3v) is 3.55. The van der Waals surface area contributed by atoms with Gasteiger partial charge < -0.3 is 0 Å². The number of benzene rings is 1. The molecular formula is C11H8Cl2N2O. The average Bonchev–Trinajstić information content (AvgIpc) is 2.56. The van der Waals surface area contributed by atoms with E-state index in [0.29, 0.717) is 29.7 Å². The van der Waals surface area contributed by atoms with Gasteiger partial charge in [0, 0.05) is 13.0 Å². The van der Waals surface area contributed by atoms with Crippen molar-refractivity contribution < 1.29 is 0 Å². The van der Waals surface area contributed by atoms with Gasteiger partial charge >= 0.3 is 0 Å². The zero-order valence-corrected chi connectivity index (χ0v) is 9.79. The van der Waals surface area contributed by atoms with E-state index in [1.165, 1.54) is 0 Å². The summed E-state index contributed by atoms with van der Waals surface area (Å²) < 4.78 is 0.519. The van der Waals surface area contributed by atoms with E-state index in [0.717, 1.165) is 0 Å². The minimum Gasteiger partial charge on any atom is -0.293 e. The Morgan fingerprint density at radius 2 is 2.06 bits per heavy atom. The van der Waals surface area contributed by atoms with Crippen LogP contribution in [-0.4, -0.2) is 9.55 Å². The molecule has 1 aliphatic rings. The molecule has 2 heterocycles. The van der Waals surface area contributed by atoms with E-state index in [1.807, 2.05) is 12.1 Å². The van der Waals surface area contributed by atoms with Gasteiger partial charge in [-0.3, -0.25) is 9.36 Å². The smallest absolute Gasteiger partial charge is 0.261 e. The maximum Gasteiger partial charge on any atom is 0.261 e. The van der Waals surface area contributed by atoms with E-state index in [9.17, 15) is 4.79 Å². The molecule has 1 aromatic heterocycles. The summed E-state index contributed by atoms with van der Waals surface area (Å²) in [5, 5.41) is 0.609. The van der Waals surface area contributed by atoms with Crippen LogP contribution in [0.4, 0.5) is 0 Å². The first kappa shape index (κ1) is 10.1. The number of rotatable bonds is 0. The number of alkyl halides is 2. The Morgan fingerprint density at radius 3 is 2.88 bits per heavy atom. The van der Waals surface area contributed by atoms with Gasteiger partial charge in [-0.1, -0.05) is 35.3 Å². The number of hydrogen-bond acceptors (Lipinski definition) is 2. The molecule has 2 aromatic rings. The second kappa shape index (κ2) is 3.22. The average molecular weight is 255 g/mol. The molecule has 3 rings (SSSR count). The van der Waals surface area contributed by atoms with Crippen molar-refractivity contribution in [2.45, 2.75) is 17.3 Å². The Hall–Kier alpha value is -1.06. The standard InChI is InChI=1S/C11H8Cl2N2O/c12-11(13)5-6-15-9(16)7-3-1-2-4-8(7)14-10(11)15/h1-4H,5-6H2. The van der Waals surface area contributed by atoms with E-state index in [1.54, 1.807) is 16.7 Å². The fourth-order valence-corrected chi connectivity index (χ4v) is 2.48. The molecule has 0 atom stereocenters. The van der Waals surface area contributed by atoms with Crippen LogP contribution in [0, 0.1) is 0 Å². The first-order valence-electron chi connectivity index (χ1n) is 4.97. The zero-order valence-electron chi connectivity index (χ0n) is 8.28. The monoisotopic (exact) mass is 254 g/mol. The molecular weight excluding hydrogens is 247 g/mol. The lowest BCUT2D eigenvalue weighted by Crippen LogP contribution is -2.22. The number of nitrogens with zero attached hydrogens (tertiary/aromatic N) is 2. The summed E-state index contributed by atoms with van der Waals surface area (Å²) >= 11 is 12.2. The largest absolute Gasteiger partial charge is 0.293 e. The lowest BCUT2D eigenvalue weighted by atomic mass is 10.2. The van der Waals surface area contributed by atoms with Crippen molar-refractivity contribution in [1.82, 2.24) is 9.55 Å². The predicted molar refractivity (Wildman–Crippen MR) is 64.0 cm³/mol. The van der Waals surface area contributed by atoms with Crippen molar-refractivity contribution in [2.75, 3.05) is 0 Å². The van der Waals surface area contributed by atoms with Crippen molar-refractivity contribution in [3.63, 3.8) is 0 Å². The maximum absolute atomic E-state index is 12.1.